The van der Waals surface area contributed by atoms with E-state index in [2.05, 4.69) is 5.32 Å². The summed E-state index contributed by atoms with van der Waals surface area (Å²) in [5.41, 5.74) is 1.96. The van der Waals surface area contributed by atoms with E-state index < -0.39 is 5.97 Å². The van der Waals surface area contributed by atoms with Crippen molar-refractivity contribution in [2.45, 2.75) is 27.0 Å². The maximum Gasteiger partial charge on any atom is 0.316 e. The van der Waals surface area contributed by atoms with E-state index >= 15 is 0 Å². The predicted molar refractivity (Wildman–Crippen MR) is 110 cm³/mol. The minimum atomic E-state index is -0.417. The van der Waals surface area contributed by atoms with Gasteiger partial charge in [0.05, 0.1) is 16.4 Å². The molecule has 0 atom stereocenters. The fourth-order valence-electron chi connectivity index (χ4n) is 2.47. The number of hydrogen-bond acceptors (Lipinski definition) is 6. The number of carbonyl (C=O) groups is 3. The number of hydrogen-bond donors (Lipinski definition) is 1. The summed E-state index contributed by atoms with van der Waals surface area (Å²) in [5.74, 6) is -1.10. The van der Waals surface area contributed by atoms with E-state index in [-0.39, 0.29) is 29.5 Å². The van der Waals surface area contributed by atoms with E-state index in [9.17, 15) is 14.4 Å². The van der Waals surface area contributed by atoms with Crippen LogP contribution in [-0.2, 0) is 32.3 Å². The first-order valence-corrected chi connectivity index (χ1v) is 9.82. The number of Topliss-reactive ketones (excluding diaryl/α,β-unsaturated/α-hetero) is 2. The maximum atomic E-state index is 12.1. The third kappa shape index (κ3) is 7.04. The molecule has 2 rings (SSSR count). The molecule has 2 aromatic rings. The summed E-state index contributed by atoms with van der Waals surface area (Å²) >= 11 is 1.10. The van der Waals surface area contributed by atoms with Crippen molar-refractivity contribution in [1.82, 2.24) is 5.32 Å². The summed E-state index contributed by atoms with van der Waals surface area (Å²) < 4.78 is 5.26. The van der Waals surface area contributed by atoms with E-state index in [1.54, 1.807) is 0 Å². The number of nitrogens with one attached hydrogen (secondary N) is 1. The molecule has 0 heterocycles. The number of ketones is 2. The summed E-state index contributed by atoms with van der Waals surface area (Å²) in [4.78, 5) is 36.0. The van der Waals surface area contributed by atoms with Crippen molar-refractivity contribution in [3.05, 3.63) is 82.4 Å². The van der Waals surface area contributed by atoms with Crippen LogP contribution in [0.3, 0.4) is 0 Å². The molecule has 2 aromatic carbocycles. The standard InChI is InChI=1S/C22H23NO4S/c1-16(24)21(17(2)25)22(23-13-18-9-5-3-6-10-18)28-15-20(26)27-14-19-11-7-4-8-12-19/h3-12,23H,13-15H2,1-2H3. The number of carbonyl (C=O) groups excluding carboxylic acids is 3. The number of benzene rings is 2. The monoisotopic (exact) mass is 397 g/mol. The second kappa shape index (κ2) is 11.1. The Morgan fingerprint density at radius 2 is 1.39 bits per heavy atom. The summed E-state index contributed by atoms with van der Waals surface area (Å²) in [5, 5.41) is 3.51. The van der Waals surface area contributed by atoms with Gasteiger partial charge in [-0.1, -0.05) is 72.4 Å². The van der Waals surface area contributed by atoms with Crippen LogP contribution in [0.5, 0.6) is 0 Å². The highest BCUT2D eigenvalue weighted by atomic mass is 32.2. The van der Waals surface area contributed by atoms with Crippen LogP contribution in [-0.4, -0.2) is 23.3 Å². The van der Waals surface area contributed by atoms with Gasteiger partial charge in [0, 0.05) is 6.54 Å². The largest absolute Gasteiger partial charge is 0.460 e. The third-order valence-corrected chi connectivity index (χ3v) is 4.82. The van der Waals surface area contributed by atoms with Gasteiger partial charge in [-0.3, -0.25) is 14.4 Å². The van der Waals surface area contributed by atoms with Gasteiger partial charge in [0.2, 0.25) is 0 Å². The number of allylic oxidation sites excluding steroid dienone is 1. The van der Waals surface area contributed by atoms with Gasteiger partial charge >= 0.3 is 5.97 Å². The lowest BCUT2D eigenvalue weighted by Crippen LogP contribution is -2.20. The SMILES string of the molecule is CC(=O)C(C(C)=O)=C(NCc1ccccc1)SCC(=O)OCc1ccccc1. The van der Waals surface area contributed by atoms with Gasteiger partial charge in [0.15, 0.2) is 11.6 Å². The van der Waals surface area contributed by atoms with Crippen LogP contribution in [0, 0.1) is 0 Å². The van der Waals surface area contributed by atoms with Gasteiger partial charge in [-0.25, -0.2) is 0 Å². The molecule has 6 heteroatoms. The molecule has 28 heavy (non-hydrogen) atoms. The van der Waals surface area contributed by atoms with Crippen molar-refractivity contribution in [1.29, 1.82) is 0 Å². The lowest BCUT2D eigenvalue weighted by Gasteiger charge is -2.14. The molecular formula is C22H23NO4S. The normalized spacial score (nSPS) is 10.1. The summed E-state index contributed by atoms with van der Waals surface area (Å²) in [6.07, 6.45) is 0. The fraction of sp³-hybridized carbons (Fsp3) is 0.227. The lowest BCUT2D eigenvalue weighted by atomic mass is 10.1. The topological polar surface area (TPSA) is 72.5 Å². The Balaban J connectivity index is 2.02. The highest BCUT2D eigenvalue weighted by Crippen LogP contribution is 2.20. The molecule has 0 aliphatic heterocycles. The van der Waals surface area contributed by atoms with E-state index in [1.807, 2.05) is 60.7 Å². The van der Waals surface area contributed by atoms with Crippen molar-refractivity contribution in [3.8, 4) is 0 Å². The second-order valence-electron chi connectivity index (χ2n) is 6.09. The quantitative estimate of drug-likeness (QED) is 0.286. The highest BCUT2D eigenvalue weighted by Gasteiger charge is 2.18. The van der Waals surface area contributed by atoms with Gasteiger partial charge in [-0.05, 0) is 25.0 Å². The Kier molecular flexibility index (Phi) is 8.49. The number of ether oxygens (including phenoxy) is 1. The average molecular weight is 397 g/mol. The zero-order valence-electron chi connectivity index (χ0n) is 15.9. The third-order valence-electron chi connectivity index (χ3n) is 3.80. The molecule has 1 N–H and O–H groups in total. The molecule has 0 spiro atoms. The van der Waals surface area contributed by atoms with E-state index in [4.69, 9.17) is 4.74 Å². The minimum Gasteiger partial charge on any atom is -0.460 e. The minimum absolute atomic E-state index is 0.00594. The van der Waals surface area contributed by atoms with E-state index in [0.717, 1.165) is 22.9 Å². The van der Waals surface area contributed by atoms with Gasteiger partial charge in [-0.2, -0.15) is 0 Å². The lowest BCUT2D eigenvalue weighted by molar-refractivity contribution is -0.141. The predicted octanol–water partition coefficient (Wildman–Crippen LogP) is 3.64. The van der Waals surface area contributed by atoms with Crippen LogP contribution in [0.4, 0.5) is 0 Å². The van der Waals surface area contributed by atoms with Crippen molar-refractivity contribution < 1.29 is 19.1 Å². The first kappa shape index (κ1) is 21.4. The van der Waals surface area contributed by atoms with Crippen LogP contribution in [0.25, 0.3) is 0 Å². The summed E-state index contributed by atoms with van der Waals surface area (Å²) in [6, 6.07) is 19.0. The Bertz CT molecular complexity index is 831. The van der Waals surface area contributed by atoms with Crippen LogP contribution >= 0.6 is 11.8 Å². The molecule has 0 aromatic heterocycles. The smallest absolute Gasteiger partial charge is 0.316 e. The van der Waals surface area contributed by atoms with Gasteiger partial charge in [0.1, 0.15) is 6.61 Å². The molecule has 146 valence electrons. The Labute approximate surface area is 169 Å². The second-order valence-corrected chi connectivity index (χ2v) is 7.08. The Morgan fingerprint density at radius 1 is 0.857 bits per heavy atom. The van der Waals surface area contributed by atoms with Crippen molar-refractivity contribution in [2.24, 2.45) is 0 Å². The van der Waals surface area contributed by atoms with Crippen molar-refractivity contribution in [3.63, 3.8) is 0 Å². The van der Waals surface area contributed by atoms with Gasteiger partial charge in [0.25, 0.3) is 0 Å². The van der Waals surface area contributed by atoms with E-state index in [0.29, 0.717) is 11.6 Å². The number of thioether (sulfide) groups is 1. The van der Waals surface area contributed by atoms with Crippen LogP contribution in [0.1, 0.15) is 25.0 Å². The zero-order valence-corrected chi connectivity index (χ0v) is 16.8. The van der Waals surface area contributed by atoms with Crippen molar-refractivity contribution >= 4 is 29.3 Å². The molecule has 0 saturated heterocycles. The molecule has 5 nitrogen and oxygen atoms in total. The van der Waals surface area contributed by atoms with E-state index in [1.165, 1.54) is 13.8 Å². The maximum absolute atomic E-state index is 12.1. The van der Waals surface area contributed by atoms with Gasteiger partial charge in [-0.15, -0.1) is 0 Å². The van der Waals surface area contributed by atoms with Crippen LogP contribution in [0.2, 0.25) is 0 Å². The highest BCUT2D eigenvalue weighted by molar-refractivity contribution is 8.03. The van der Waals surface area contributed by atoms with Crippen LogP contribution < -0.4 is 5.32 Å². The molecule has 0 aliphatic rings. The molecule has 0 bridgehead atoms. The summed E-state index contributed by atoms with van der Waals surface area (Å²) in [7, 11) is 0. The first-order valence-electron chi connectivity index (χ1n) is 8.83. The molecule has 0 saturated carbocycles. The van der Waals surface area contributed by atoms with Gasteiger partial charge < -0.3 is 10.1 Å². The molecule has 0 aliphatic carbocycles. The Morgan fingerprint density at radius 3 is 1.93 bits per heavy atom. The van der Waals surface area contributed by atoms with Crippen LogP contribution in [0.15, 0.2) is 71.3 Å². The number of esters is 1. The Hall–Kier alpha value is -2.86. The molecule has 0 fully saturated rings. The molecule has 0 amide bonds. The zero-order chi connectivity index (χ0) is 20.4. The molecule has 0 unspecified atom stereocenters. The molecular weight excluding hydrogens is 374 g/mol. The fourth-order valence-corrected chi connectivity index (χ4v) is 3.42. The molecule has 0 radical (unpaired) electrons. The number of rotatable bonds is 10. The van der Waals surface area contributed by atoms with Crippen molar-refractivity contribution in [2.75, 3.05) is 5.75 Å². The average Bonchev–Trinajstić information content (AvgIpc) is 2.69. The summed E-state index contributed by atoms with van der Waals surface area (Å²) in [6.45, 7) is 3.31. The first-order chi connectivity index (χ1) is 13.5.